The topological polar surface area (TPSA) is 80.0 Å². The van der Waals surface area contributed by atoms with Gasteiger partial charge in [-0.05, 0) is 76.2 Å². The van der Waals surface area contributed by atoms with Crippen molar-refractivity contribution < 1.29 is 4.79 Å². The lowest BCUT2D eigenvalue weighted by Crippen LogP contribution is -2.62. The molecule has 1 saturated heterocycles. The number of rotatable bonds is 3. The summed E-state index contributed by atoms with van der Waals surface area (Å²) in [5.41, 5.74) is 2.71. The molecule has 4 aromatic rings. The Kier molecular flexibility index (Phi) is 4.85. The van der Waals surface area contributed by atoms with Gasteiger partial charge in [0.25, 0.3) is 0 Å². The predicted molar refractivity (Wildman–Crippen MR) is 130 cm³/mol. The number of guanidine groups is 1. The van der Waals surface area contributed by atoms with Gasteiger partial charge in [-0.15, -0.1) is 22.7 Å². The van der Waals surface area contributed by atoms with E-state index in [4.69, 9.17) is 5.41 Å². The Morgan fingerprint density at radius 3 is 2.78 bits per heavy atom. The molecule has 7 heteroatoms. The number of hydrogen-bond donors (Lipinski definition) is 2. The Hall–Kier alpha value is -3.47. The monoisotopic (exact) mass is 456 g/mol. The number of benzene rings is 2. The molecule has 0 unspecified atom stereocenters. The molecule has 0 bridgehead atoms. The van der Waals surface area contributed by atoms with Gasteiger partial charge in [0.2, 0.25) is 5.91 Å². The first-order valence-electron chi connectivity index (χ1n) is 10.1. The van der Waals surface area contributed by atoms with Crippen molar-refractivity contribution in [2.45, 2.75) is 18.4 Å². The number of thiophene rings is 2. The van der Waals surface area contributed by atoms with Crippen LogP contribution in [0.2, 0.25) is 0 Å². The zero-order valence-corrected chi connectivity index (χ0v) is 19.2. The Labute approximate surface area is 194 Å². The van der Waals surface area contributed by atoms with Crippen molar-refractivity contribution in [3.8, 4) is 17.2 Å². The molecule has 2 atom stereocenters. The van der Waals surface area contributed by atoms with Crippen LogP contribution < -0.4 is 5.32 Å². The van der Waals surface area contributed by atoms with Crippen LogP contribution in [0.25, 0.3) is 21.2 Å². The molecule has 0 spiro atoms. The lowest BCUT2D eigenvalue weighted by Gasteiger charge is -2.45. The molecule has 1 amide bonds. The van der Waals surface area contributed by atoms with Gasteiger partial charge in [-0.25, -0.2) is 0 Å². The number of carbonyl (C=O) groups is 1. The summed E-state index contributed by atoms with van der Waals surface area (Å²) in [6.45, 7) is 2.00. The summed E-state index contributed by atoms with van der Waals surface area (Å²) < 4.78 is 1.18. The Balaban J connectivity index is 1.62. The minimum Gasteiger partial charge on any atom is -0.345 e. The minimum absolute atomic E-state index is 0.0896. The highest BCUT2D eigenvalue weighted by Crippen LogP contribution is 2.45. The van der Waals surface area contributed by atoms with Crippen LogP contribution >= 0.6 is 22.7 Å². The first-order valence-corrected chi connectivity index (χ1v) is 11.9. The van der Waals surface area contributed by atoms with Crippen molar-refractivity contribution >= 4 is 44.6 Å². The highest BCUT2D eigenvalue weighted by Gasteiger charge is 2.49. The zero-order valence-electron chi connectivity index (χ0n) is 17.5. The second kappa shape index (κ2) is 7.59. The molecule has 0 saturated carbocycles. The van der Waals surface area contributed by atoms with E-state index in [1.54, 1.807) is 35.8 Å². The van der Waals surface area contributed by atoms with Gasteiger partial charge in [-0.3, -0.25) is 15.1 Å². The molecule has 0 aliphatic carbocycles. The third-order valence-electron chi connectivity index (χ3n) is 6.11. The summed E-state index contributed by atoms with van der Waals surface area (Å²) in [6, 6.07) is 20.0. The van der Waals surface area contributed by atoms with Gasteiger partial charge in [-0.1, -0.05) is 18.2 Å². The van der Waals surface area contributed by atoms with Crippen molar-refractivity contribution in [3.05, 3.63) is 81.4 Å². The van der Waals surface area contributed by atoms with E-state index >= 15 is 0 Å². The fraction of sp³-hybridized carbons (Fsp3) is 0.160. The van der Waals surface area contributed by atoms with Gasteiger partial charge in [-0.2, -0.15) is 5.26 Å². The lowest BCUT2D eigenvalue weighted by molar-refractivity contribution is -0.131. The smallest absolute Gasteiger partial charge is 0.239 e. The Morgan fingerprint density at radius 2 is 1.97 bits per heavy atom. The van der Waals surface area contributed by atoms with E-state index in [1.807, 2.05) is 36.6 Å². The molecule has 5 rings (SSSR count). The summed E-state index contributed by atoms with van der Waals surface area (Å²) in [4.78, 5) is 15.8. The molecular formula is C25H20N4OS2. The van der Waals surface area contributed by atoms with Crippen LogP contribution in [-0.4, -0.2) is 23.8 Å². The van der Waals surface area contributed by atoms with E-state index in [1.165, 1.54) is 9.60 Å². The van der Waals surface area contributed by atoms with E-state index in [2.05, 4.69) is 41.0 Å². The Bertz CT molecular complexity index is 1410. The Morgan fingerprint density at radius 1 is 1.12 bits per heavy atom. The molecule has 5 nitrogen and oxygen atoms in total. The van der Waals surface area contributed by atoms with E-state index in [0.29, 0.717) is 5.56 Å². The average molecular weight is 457 g/mol. The molecule has 1 aliphatic heterocycles. The minimum atomic E-state index is -0.778. The van der Waals surface area contributed by atoms with Crippen LogP contribution in [0.5, 0.6) is 0 Å². The summed E-state index contributed by atoms with van der Waals surface area (Å²) in [6.07, 6.45) is 0. The lowest BCUT2D eigenvalue weighted by atomic mass is 9.76. The molecule has 32 heavy (non-hydrogen) atoms. The number of hydrogen-bond acceptors (Lipinski definition) is 5. The molecule has 1 fully saturated rings. The molecule has 0 radical (unpaired) electrons. The third-order valence-corrected chi connectivity index (χ3v) is 8.18. The summed E-state index contributed by atoms with van der Waals surface area (Å²) in [5.74, 6) is -0.498. The SMILES string of the molecule is CN1C(=N)N[C@](C)(c2cc(-c3cccc(C#N)c3)cs2)[C@@H](c2ccc3sccc3c2)C1=O. The fourth-order valence-electron chi connectivity index (χ4n) is 4.33. The first kappa shape index (κ1) is 20.4. The average Bonchev–Trinajstić information content (AvgIpc) is 3.47. The van der Waals surface area contributed by atoms with Gasteiger partial charge in [0, 0.05) is 16.6 Å². The molecule has 2 aromatic heterocycles. The van der Waals surface area contributed by atoms with Crippen molar-refractivity contribution in [1.29, 1.82) is 10.7 Å². The number of likely N-dealkylation sites (N-methyl/N-ethyl adjacent to an activating group) is 1. The van der Waals surface area contributed by atoms with E-state index in [0.717, 1.165) is 27.0 Å². The van der Waals surface area contributed by atoms with Gasteiger partial charge < -0.3 is 5.32 Å². The van der Waals surface area contributed by atoms with Crippen molar-refractivity contribution in [3.63, 3.8) is 0 Å². The maximum absolute atomic E-state index is 13.5. The molecule has 1 aliphatic rings. The van der Waals surface area contributed by atoms with Crippen LogP contribution in [0.1, 0.15) is 28.8 Å². The fourth-order valence-corrected chi connectivity index (χ4v) is 6.16. The zero-order chi connectivity index (χ0) is 22.5. The highest BCUT2D eigenvalue weighted by molar-refractivity contribution is 7.17. The standard InChI is InChI=1S/C25H20N4OS2/c1-25(21-12-19(14-32-21)16-5-3-4-15(10-16)13-26)22(23(30)29(2)24(27)28-25)18-6-7-20-17(11-18)8-9-31-20/h3-12,14,22H,1-2H3,(H2,27,28)/t22-,25+/m0/s1. The second-order valence-electron chi connectivity index (χ2n) is 8.12. The van der Waals surface area contributed by atoms with E-state index in [9.17, 15) is 10.1 Å². The number of carbonyl (C=O) groups excluding carboxylic acids is 1. The number of nitrogens with zero attached hydrogens (tertiary/aromatic N) is 2. The maximum Gasteiger partial charge on any atom is 0.239 e. The normalized spacial score (nSPS) is 20.9. The first-order chi connectivity index (χ1) is 15.4. The van der Waals surface area contributed by atoms with Gasteiger partial charge in [0.15, 0.2) is 5.96 Å². The third kappa shape index (κ3) is 3.20. The van der Waals surface area contributed by atoms with Crippen LogP contribution in [0, 0.1) is 16.7 Å². The van der Waals surface area contributed by atoms with Crippen LogP contribution in [-0.2, 0) is 10.3 Å². The molecule has 158 valence electrons. The number of fused-ring (bicyclic) bond motifs is 1. The summed E-state index contributed by atoms with van der Waals surface area (Å²) in [5, 5.41) is 26.1. The summed E-state index contributed by atoms with van der Waals surface area (Å²) >= 11 is 3.24. The number of amides is 1. The predicted octanol–water partition coefficient (Wildman–Crippen LogP) is 5.50. The van der Waals surface area contributed by atoms with Gasteiger partial charge in [0.05, 0.1) is 23.1 Å². The largest absolute Gasteiger partial charge is 0.345 e. The second-order valence-corrected chi connectivity index (χ2v) is 9.98. The van der Waals surface area contributed by atoms with Gasteiger partial charge >= 0.3 is 0 Å². The molecule has 2 N–H and O–H groups in total. The number of nitrogens with one attached hydrogen (secondary N) is 2. The summed E-state index contributed by atoms with van der Waals surface area (Å²) in [7, 11) is 1.64. The van der Waals surface area contributed by atoms with Crippen molar-refractivity contribution in [2.75, 3.05) is 7.05 Å². The van der Waals surface area contributed by atoms with Crippen LogP contribution in [0.15, 0.2) is 65.4 Å². The van der Waals surface area contributed by atoms with Crippen molar-refractivity contribution in [1.82, 2.24) is 10.2 Å². The maximum atomic E-state index is 13.5. The van der Waals surface area contributed by atoms with Crippen molar-refractivity contribution in [2.24, 2.45) is 0 Å². The van der Waals surface area contributed by atoms with Gasteiger partial charge in [0.1, 0.15) is 0 Å². The number of nitriles is 1. The molecule has 2 aromatic carbocycles. The van der Waals surface area contributed by atoms with Crippen LogP contribution in [0.3, 0.4) is 0 Å². The van der Waals surface area contributed by atoms with E-state index in [-0.39, 0.29) is 11.9 Å². The quantitative estimate of drug-likeness (QED) is 0.427. The molecule has 3 heterocycles. The molecular weight excluding hydrogens is 436 g/mol. The van der Waals surface area contributed by atoms with E-state index < -0.39 is 11.5 Å². The highest BCUT2D eigenvalue weighted by atomic mass is 32.1. The van der Waals surface area contributed by atoms with Crippen LogP contribution in [0.4, 0.5) is 0 Å².